The van der Waals surface area contributed by atoms with Crippen molar-refractivity contribution in [3.05, 3.63) is 58.6 Å². The third-order valence-corrected chi connectivity index (χ3v) is 4.25. The van der Waals surface area contributed by atoms with Gasteiger partial charge in [-0.05, 0) is 33.0 Å². The number of nitro groups is 1. The van der Waals surface area contributed by atoms with Crippen molar-refractivity contribution < 1.29 is 4.92 Å². The Kier molecular flexibility index (Phi) is 2.51. The third kappa shape index (κ3) is 1.64. The summed E-state index contributed by atoms with van der Waals surface area (Å²) in [7, 11) is 4.05. The fourth-order valence-corrected chi connectivity index (χ4v) is 3.28. The molecule has 0 unspecified atom stereocenters. The van der Waals surface area contributed by atoms with E-state index in [1.165, 1.54) is 10.8 Å². The Bertz CT molecular complexity index is 1020. The van der Waals surface area contributed by atoms with E-state index in [4.69, 9.17) is 0 Å². The lowest BCUT2D eigenvalue weighted by molar-refractivity contribution is -0.384. The van der Waals surface area contributed by atoms with Gasteiger partial charge in [0.05, 0.1) is 4.92 Å². The SMILES string of the molecule is CN(C)c1ccc2ccc3cc([N+](=O)[O-])cc4ccc1c2c34. The first-order valence-electron chi connectivity index (χ1n) is 7.09. The average molecular weight is 290 g/mol. The Labute approximate surface area is 127 Å². The summed E-state index contributed by atoms with van der Waals surface area (Å²) in [5.74, 6) is 0. The van der Waals surface area contributed by atoms with Crippen molar-refractivity contribution in [2.45, 2.75) is 0 Å². The van der Waals surface area contributed by atoms with Crippen molar-refractivity contribution in [1.82, 2.24) is 0 Å². The second-order valence-electron chi connectivity index (χ2n) is 5.78. The summed E-state index contributed by atoms with van der Waals surface area (Å²) in [5.41, 5.74) is 1.29. The van der Waals surface area contributed by atoms with Gasteiger partial charge in [-0.3, -0.25) is 10.1 Å². The minimum atomic E-state index is -0.334. The molecule has 0 bridgehead atoms. The van der Waals surface area contributed by atoms with Crippen LogP contribution in [0.4, 0.5) is 11.4 Å². The fourth-order valence-electron chi connectivity index (χ4n) is 3.28. The first kappa shape index (κ1) is 12.8. The molecule has 0 aliphatic carbocycles. The molecule has 22 heavy (non-hydrogen) atoms. The van der Waals surface area contributed by atoms with E-state index >= 15 is 0 Å². The van der Waals surface area contributed by atoms with Crippen LogP contribution in [0.25, 0.3) is 32.3 Å². The number of non-ortho nitro benzene ring substituents is 1. The number of benzene rings is 4. The van der Waals surface area contributed by atoms with E-state index in [1.54, 1.807) is 12.1 Å². The molecule has 4 aromatic carbocycles. The lowest BCUT2D eigenvalue weighted by atomic mass is 9.93. The number of nitro benzene ring substituents is 1. The summed E-state index contributed by atoms with van der Waals surface area (Å²) in [6, 6.07) is 15.6. The van der Waals surface area contributed by atoms with Crippen LogP contribution in [-0.2, 0) is 0 Å². The Morgan fingerprint density at radius 1 is 0.864 bits per heavy atom. The molecular formula is C18H14N2O2. The molecule has 0 N–H and O–H groups in total. The van der Waals surface area contributed by atoms with Gasteiger partial charge in [0, 0.05) is 37.3 Å². The molecule has 0 saturated carbocycles. The van der Waals surface area contributed by atoms with Crippen molar-refractivity contribution in [2.75, 3.05) is 19.0 Å². The van der Waals surface area contributed by atoms with Gasteiger partial charge in [0.2, 0.25) is 0 Å². The van der Waals surface area contributed by atoms with Crippen molar-refractivity contribution in [1.29, 1.82) is 0 Å². The van der Waals surface area contributed by atoms with E-state index in [0.29, 0.717) is 0 Å². The third-order valence-electron chi connectivity index (χ3n) is 4.25. The van der Waals surface area contributed by atoms with E-state index < -0.39 is 0 Å². The average Bonchev–Trinajstić information content (AvgIpc) is 2.51. The topological polar surface area (TPSA) is 46.4 Å². The highest BCUT2D eigenvalue weighted by molar-refractivity contribution is 6.25. The second kappa shape index (κ2) is 4.31. The summed E-state index contributed by atoms with van der Waals surface area (Å²) in [5, 5.41) is 17.6. The largest absolute Gasteiger partial charge is 0.377 e. The molecule has 0 aliphatic rings. The fraction of sp³-hybridized carbons (Fsp3) is 0.111. The Morgan fingerprint density at radius 3 is 2.09 bits per heavy atom. The maximum atomic E-state index is 11.1. The molecule has 4 nitrogen and oxygen atoms in total. The van der Waals surface area contributed by atoms with Crippen molar-refractivity contribution in [3.8, 4) is 0 Å². The molecular weight excluding hydrogens is 276 g/mol. The molecule has 108 valence electrons. The van der Waals surface area contributed by atoms with Crippen molar-refractivity contribution in [2.24, 2.45) is 0 Å². The van der Waals surface area contributed by atoms with Gasteiger partial charge in [0.1, 0.15) is 0 Å². The maximum Gasteiger partial charge on any atom is 0.270 e. The van der Waals surface area contributed by atoms with Crippen molar-refractivity contribution >= 4 is 43.7 Å². The zero-order valence-corrected chi connectivity index (χ0v) is 12.3. The van der Waals surface area contributed by atoms with E-state index in [-0.39, 0.29) is 10.6 Å². The monoisotopic (exact) mass is 290 g/mol. The Balaban J connectivity index is 2.24. The first-order chi connectivity index (χ1) is 10.6. The molecule has 4 aromatic rings. The summed E-state index contributed by atoms with van der Waals surface area (Å²) in [6.45, 7) is 0. The number of anilines is 1. The van der Waals surface area contributed by atoms with Crippen LogP contribution in [0.5, 0.6) is 0 Å². The smallest absolute Gasteiger partial charge is 0.270 e. The second-order valence-corrected chi connectivity index (χ2v) is 5.78. The quantitative estimate of drug-likeness (QED) is 0.309. The summed E-state index contributed by atoms with van der Waals surface area (Å²) >= 11 is 0. The number of rotatable bonds is 2. The van der Waals surface area contributed by atoms with E-state index in [0.717, 1.165) is 27.2 Å². The van der Waals surface area contributed by atoms with Gasteiger partial charge in [0.25, 0.3) is 5.69 Å². The van der Waals surface area contributed by atoms with Gasteiger partial charge in [-0.2, -0.15) is 0 Å². The van der Waals surface area contributed by atoms with Gasteiger partial charge in [0.15, 0.2) is 0 Å². The molecule has 0 aliphatic heterocycles. The Morgan fingerprint density at radius 2 is 1.45 bits per heavy atom. The predicted molar refractivity (Wildman–Crippen MR) is 91.1 cm³/mol. The van der Waals surface area contributed by atoms with Crippen LogP contribution in [-0.4, -0.2) is 19.0 Å². The molecule has 0 spiro atoms. The lowest BCUT2D eigenvalue weighted by Crippen LogP contribution is -2.09. The molecule has 4 heteroatoms. The van der Waals surface area contributed by atoms with Crippen LogP contribution < -0.4 is 4.90 Å². The molecule has 0 amide bonds. The van der Waals surface area contributed by atoms with Gasteiger partial charge in [-0.15, -0.1) is 0 Å². The van der Waals surface area contributed by atoms with Crippen molar-refractivity contribution in [3.63, 3.8) is 0 Å². The van der Waals surface area contributed by atoms with Gasteiger partial charge in [-0.1, -0.05) is 30.3 Å². The van der Waals surface area contributed by atoms with E-state index in [1.807, 2.05) is 32.3 Å². The van der Waals surface area contributed by atoms with E-state index in [2.05, 4.69) is 23.1 Å². The highest BCUT2D eigenvalue weighted by Crippen LogP contribution is 2.39. The molecule has 0 radical (unpaired) electrons. The number of hydrogen-bond donors (Lipinski definition) is 0. The maximum absolute atomic E-state index is 11.1. The van der Waals surface area contributed by atoms with E-state index in [9.17, 15) is 10.1 Å². The van der Waals surface area contributed by atoms with Crippen LogP contribution in [0.15, 0.2) is 48.5 Å². The first-order valence-corrected chi connectivity index (χ1v) is 7.09. The normalized spacial score (nSPS) is 11.5. The van der Waals surface area contributed by atoms with Crippen LogP contribution in [0.2, 0.25) is 0 Å². The molecule has 0 saturated heterocycles. The molecule has 0 heterocycles. The van der Waals surface area contributed by atoms with Gasteiger partial charge in [-0.25, -0.2) is 0 Å². The van der Waals surface area contributed by atoms with Crippen LogP contribution >= 0.6 is 0 Å². The standard InChI is InChI=1S/C18H14N2O2/c1-19(2)16-8-6-11-3-4-12-9-14(20(21)22)10-13-5-7-15(16)18(11)17(12)13/h3-10H,1-2H3. The van der Waals surface area contributed by atoms with Gasteiger partial charge < -0.3 is 4.90 Å². The molecule has 0 aromatic heterocycles. The summed E-state index contributed by atoms with van der Waals surface area (Å²) < 4.78 is 0. The minimum absolute atomic E-state index is 0.138. The van der Waals surface area contributed by atoms with Crippen LogP contribution in [0.1, 0.15) is 0 Å². The van der Waals surface area contributed by atoms with Crippen LogP contribution in [0, 0.1) is 10.1 Å². The van der Waals surface area contributed by atoms with Crippen LogP contribution in [0.3, 0.4) is 0 Å². The zero-order chi connectivity index (χ0) is 15.4. The van der Waals surface area contributed by atoms with Gasteiger partial charge >= 0.3 is 0 Å². The highest BCUT2D eigenvalue weighted by atomic mass is 16.6. The molecule has 0 atom stereocenters. The number of nitrogens with zero attached hydrogens (tertiary/aromatic N) is 2. The lowest BCUT2D eigenvalue weighted by Gasteiger charge is -2.18. The highest BCUT2D eigenvalue weighted by Gasteiger charge is 2.15. The Hall–Kier alpha value is -2.88. The summed E-state index contributed by atoms with van der Waals surface area (Å²) in [6.07, 6.45) is 0. The summed E-state index contributed by atoms with van der Waals surface area (Å²) in [4.78, 5) is 12.9. The number of hydrogen-bond acceptors (Lipinski definition) is 3. The minimum Gasteiger partial charge on any atom is -0.377 e. The molecule has 4 rings (SSSR count). The zero-order valence-electron chi connectivity index (χ0n) is 12.3. The molecule has 0 fully saturated rings. The predicted octanol–water partition coefficient (Wildman–Crippen LogP) is 4.56.